The third-order valence-corrected chi connectivity index (χ3v) is 4.97. The van der Waals surface area contributed by atoms with Crippen LogP contribution >= 0.6 is 23.4 Å². The Bertz CT molecular complexity index is 916. The number of nitrogens with one attached hydrogen (secondary N) is 1. The fourth-order valence-corrected chi connectivity index (χ4v) is 3.56. The zero-order valence-corrected chi connectivity index (χ0v) is 16.2. The van der Waals surface area contributed by atoms with Crippen molar-refractivity contribution in [2.24, 2.45) is 0 Å². The van der Waals surface area contributed by atoms with Crippen LogP contribution in [0.2, 0.25) is 5.02 Å². The lowest BCUT2D eigenvalue weighted by Gasteiger charge is -2.11. The van der Waals surface area contributed by atoms with E-state index in [1.165, 1.54) is 11.8 Å². The number of tetrazole rings is 1. The van der Waals surface area contributed by atoms with Crippen molar-refractivity contribution in [1.82, 2.24) is 20.2 Å². The van der Waals surface area contributed by atoms with Crippen LogP contribution in [0.25, 0.3) is 5.69 Å². The van der Waals surface area contributed by atoms with Gasteiger partial charge in [-0.05, 0) is 60.5 Å². The lowest BCUT2D eigenvalue weighted by atomic mass is 10.1. The van der Waals surface area contributed by atoms with Crippen LogP contribution in [0.4, 0.5) is 5.69 Å². The third kappa shape index (κ3) is 4.23. The number of nitrogens with zero attached hydrogens (tertiary/aromatic N) is 4. The highest BCUT2D eigenvalue weighted by Crippen LogP contribution is 2.28. The number of benzene rings is 2. The van der Waals surface area contributed by atoms with Crippen molar-refractivity contribution < 1.29 is 4.79 Å². The van der Waals surface area contributed by atoms with Crippen molar-refractivity contribution in [3.05, 3.63) is 58.1 Å². The van der Waals surface area contributed by atoms with Crippen LogP contribution in [-0.4, -0.2) is 31.9 Å². The Balaban J connectivity index is 1.68. The summed E-state index contributed by atoms with van der Waals surface area (Å²) in [7, 11) is 0. The number of amides is 1. The smallest absolute Gasteiger partial charge is 0.234 e. The van der Waals surface area contributed by atoms with Gasteiger partial charge in [-0.15, -0.1) is 5.10 Å². The minimum atomic E-state index is -0.165. The molecule has 0 aliphatic heterocycles. The van der Waals surface area contributed by atoms with E-state index in [-0.39, 0.29) is 11.7 Å². The zero-order chi connectivity index (χ0) is 18.7. The minimum absolute atomic E-state index is 0.165. The second-order valence-corrected chi connectivity index (χ2v) is 7.33. The van der Waals surface area contributed by atoms with Gasteiger partial charge in [-0.3, -0.25) is 4.79 Å². The lowest BCUT2D eigenvalue weighted by molar-refractivity contribution is -0.113. The summed E-state index contributed by atoms with van der Waals surface area (Å²) >= 11 is 7.51. The molecule has 3 rings (SSSR count). The van der Waals surface area contributed by atoms with Gasteiger partial charge >= 0.3 is 0 Å². The van der Waals surface area contributed by atoms with Crippen LogP contribution in [0.3, 0.4) is 0 Å². The second kappa shape index (κ2) is 7.88. The van der Waals surface area contributed by atoms with Gasteiger partial charge in [0, 0.05) is 0 Å². The normalized spacial score (nSPS) is 10.8. The minimum Gasteiger partial charge on any atom is -0.324 e. The van der Waals surface area contributed by atoms with E-state index in [9.17, 15) is 4.79 Å². The van der Waals surface area contributed by atoms with Crippen LogP contribution < -0.4 is 5.32 Å². The Morgan fingerprint density at radius 2 is 1.88 bits per heavy atom. The predicted octanol–water partition coefficient (Wildman–Crippen LogP) is 3.97. The maximum atomic E-state index is 12.3. The van der Waals surface area contributed by atoms with Crippen molar-refractivity contribution in [2.75, 3.05) is 11.1 Å². The molecule has 3 aromatic rings. The number of aryl methyl sites for hydroxylation is 3. The largest absolute Gasteiger partial charge is 0.324 e. The topological polar surface area (TPSA) is 72.7 Å². The average molecular weight is 388 g/mol. The summed E-state index contributed by atoms with van der Waals surface area (Å²) in [6.45, 7) is 5.90. The number of aromatic nitrogens is 4. The molecule has 0 bridgehead atoms. The predicted molar refractivity (Wildman–Crippen MR) is 104 cm³/mol. The molecule has 0 saturated carbocycles. The quantitative estimate of drug-likeness (QED) is 0.670. The maximum absolute atomic E-state index is 12.3. The monoisotopic (exact) mass is 387 g/mol. The molecule has 0 fully saturated rings. The van der Waals surface area contributed by atoms with Crippen LogP contribution in [-0.2, 0) is 4.79 Å². The van der Waals surface area contributed by atoms with Crippen molar-refractivity contribution >= 4 is 35.0 Å². The van der Waals surface area contributed by atoms with Crippen molar-refractivity contribution in [2.45, 2.75) is 25.9 Å². The molecule has 1 heterocycles. The molecule has 0 aliphatic carbocycles. The van der Waals surface area contributed by atoms with Gasteiger partial charge in [-0.1, -0.05) is 47.1 Å². The number of carbonyl (C=O) groups is 1. The molecule has 1 amide bonds. The highest BCUT2D eigenvalue weighted by Gasteiger charge is 2.14. The first-order valence-corrected chi connectivity index (χ1v) is 9.35. The summed E-state index contributed by atoms with van der Waals surface area (Å²) in [5.41, 5.74) is 4.62. The Morgan fingerprint density at radius 1 is 1.15 bits per heavy atom. The summed E-state index contributed by atoms with van der Waals surface area (Å²) in [5, 5.41) is 15.7. The third-order valence-electron chi connectivity index (χ3n) is 3.75. The first-order valence-electron chi connectivity index (χ1n) is 7.99. The number of thioether (sulfide) groups is 1. The fraction of sp³-hybridized carbons (Fsp3) is 0.222. The molecule has 8 heteroatoms. The van der Waals surface area contributed by atoms with Crippen LogP contribution in [0.15, 0.2) is 41.6 Å². The fourth-order valence-electron chi connectivity index (χ4n) is 2.50. The number of halogens is 1. The summed E-state index contributed by atoms with van der Waals surface area (Å²) in [4.78, 5) is 12.3. The maximum Gasteiger partial charge on any atom is 0.234 e. The second-order valence-electron chi connectivity index (χ2n) is 5.98. The van der Waals surface area contributed by atoms with E-state index < -0.39 is 0 Å². The van der Waals surface area contributed by atoms with Gasteiger partial charge in [-0.25, -0.2) is 0 Å². The number of hydrogen-bond acceptors (Lipinski definition) is 5. The van der Waals surface area contributed by atoms with E-state index in [4.69, 9.17) is 11.6 Å². The van der Waals surface area contributed by atoms with Gasteiger partial charge in [-0.2, -0.15) is 4.68 Å². The van der Waals surface area contributed by atoms with Gasteiger partial charge in [0.25, 0.3) is 0 Å². The molecule has 6 nitrogen and oxygen atoms in total. The SMILES string of the molecule is Cc1ccc(-n2nnnc2SCC(=O)Nc2c(C)cc(C)cc2Cl)cc1. The summed E-state index contributed by atoms with van der Waals surface area (Å²) in [6.07, 6.45) is 0. The Morgan fingerprint density at radius 3 is 2.58 bits per heavy atom. The Hall–Kier alpha value is -2.38. The molecule has 0 unspecified atom stereocenters. The number of carbonyl (C=O) groups excluding carboxylic acids is 1. The molecule has 134 valence electrons. The molecule has 0 atom stereocenters. The van der Waals surface area contributed by atoms with Gasteiger partial charge in [0.15, 0.2) is 0 Å². The van der Waals surface area contributed by atoms with E-state index in [1.807, 2.05) is 57.2 Å². The van der Waals surface area contributed by atoms with Crippen molar-refractivity contribution in [3.63, 3.8) is 0 Å². The van der Waals surface area contributed by atoms with Gasteiger partial charge in [0.2, 0.25) is 11.1 Å². The van der Waals surface area contributed by atoms with Crippen LogP contribution in [0, 0.1) is 20.8 Å². The Kier molecular flexibility index (Phi) is 5.58. The van der Waals surface area contributed by atoms with E-state index in [2.05, 4.69) is 20.8 Å². The first-order chi connectivity index (χ1) is 12.4. The molecule has 0 spiro atoms. The standard InChI is InChI=1S/C18H18ClN5OS/c1-11-4-6-14(7-5-11)24-18(21-22-23-24)26-10-16(25)20-17-13(3)8-12(2)9-15(17)19/h4-9H,10H2,1-3H3,(H,20,25). The van der Waals surface area contributed by atoms with Crippen LogP contribution in [0.5, 0.6) is 0 Å². The van der Waals surface area contributed by atoms with E-state index in [0.717, 1.165) is 22.4 Å². The molecular formula is C18H18ClN5OS. The molecule has 2 aromatic carbocycles. The number of hydrogen-bond donors (Lipinski definition) is 1. The highest BCUT2D eigenvalue weighted by atomic mass is 35.5. The molecule has 0 aliphatic rings. The molecule has 26 heavy (non-hydrogen) atoms. The summed E-state index contributed by atoms with van der Waals surface area (Å²) in [6, 6.07) is 11.7. The molecule has 0 saturated heterocycles. The number of anilines is 1. The van der Waals surface area contributed by atoms with Gasteiger partial charge in [0.1, 0.15) is 0 Å². The zero-order valence-electron chi connectivity index (χ0n) is 14.7. The van der Waals surface area contributed by atoms with E-state index >= 15 is 0 Å². The van der Waals surface area contributed by atoms with Crippen LogP contribution in [0.1, 0.15) is 16.7 Å². The van der Waals surface area contributed by atoms with Gasteiger partial charge in [0.05, 0.1) is 22.2 Å². The van der Waals surface area contributed by atoms with Crippen molar-refractivity contribution in [1.29, 1.82) is 0 Å². The summed E-state index contributed by atoms with van der Waals surface area (Å²) in [5.74, 6) is 0.0119. The first kappa shape index (κ1) is 18.4. The molecule has 1 N–H and O–H groups in total. The molecule has 1 aromatic heterocycles. The van der Waals surface area contributed by atoms with E-state index in [0.29, 0.717) is 15.9 Å². The van der Waals surface area contributed by atoms with Crippen molar-refractivity contribution in [3.8, 4) is 5.69 Å². The highest BCUT2D eigenvalue weighted by molar-refractivity contribution is 7.99. The number of rotatable bonds is 5. The summed E-state index contributed by atoms with van der Waals surface area (Å²) < 4.78 is 1.61. The molecule has 0 radical (unpaired) electrons. The molecular weight excluding hydrogens is 370 g/mol. The average Bonchev–Trinajstić information content (AvgIpc) is 3.05. The Labute approximate surface area is 160 Å². The lowest BCUT2D eigenvalue weighted by Crippen LogP contribution is -2.16. The van der Waals surface area contributed by atoms with Gasteiger partial charge < -0.3 is 5.32 Å². The van der Waals surface area contributed by atoms with E-state index in [1.54, 1.807) is 4.68 Å².